The number of hydrogen-bond acceptors (Lipinski definition) is 7. The lowest BCUT2D eigenvalue weighted by atomic mass is 9.88. The Balaban J connectivity index is 1.91. The fourth-order valence-corrected chi connectivity index (χ4v) is 3.74. The lowest BCUT2D eigenvalue weighted by Gasteiger charge is -2.21. The highest BCUT2D eigenvalue weighted by atomic mass is 16.6. The average molecular weight is 468 g/mol. The van der Waals surface area contributed by atoms with Crippen LogP contribution in [0.4, 0.5) is 17.1 Å². The summed E-state index contributed by atoms with van der Waals surface area (Å²) in [7, 11) is 1.30. The van der Waals surface area contributed by atoms with Crippen molar-refractivity contribution >= 4 is 35.0 Å². The Morgan fingerprint density at radius 3 is 2.32 bits per heavy atom. The number of rotatable bonds is 8. The van der Waals surface area contributed by atoms with Crippen molar-refractivity contribution in [2.24, 2.45) is 5.92 Å². The van der Waals surface area contributed by atoms with Gasteiger partial charge in [-0.1, -0.05) is 31.4 Å². The van der Waals surface area contributed by atoms with Gasteiger partial charge in [0, 0.05) is 24.1 Å². The van der Waals surface area contributed by atoms with Crippen LogP contribution in [0.25, 0.3) is 6.08 Å². The van der Waals surface area contributed by atoms with Crippen LogP contribution >= 0.6 is 0 Å². The van der Waals surface area contributed by atoms with Gasteiger partial charge in [-0.3, -0.25) is 29.8 Å². The van der Waals surface area contributed by atoms with Crippen molar-refractivity contribution in [2.75, 3.05) is 12.4 Å². The zero-order valence-electron chi connectivity index (χ0n) is 18.5. The molecule has 0 heterocycles. The Hall–Kier alpha value is -4.28. The van der Waals surface area contributed by atoms with Gasteiger partial charge < -0.3 is 15.4 Å². The van der Waals surface area contributed by atoms with Gasteiger partial charge in [-0.15, -0.1) is 0 Å². The summed E-state index contributed by atoms with van der Waals surface area (Å²) in [4.78, 5) is 46.9. The number of benzene rings is 2. The maximum atomic E-state index is 13.1. The Bertz CT molecular complexity index is 1140. The molecule has 2 aromatic rings. The predicted molar refractivity (Wildman–Crippen MR) is 124 cm³/mol. The normalized spacial score (nSPS) is 14.2. The first-order valence-electron chi connectivity index (χ1n) is 10.7. The zero-order valence-corrected chi connectivity index (χ0v) is 18.5. The first kappa shape index (κ1) is 24.4. The van der Waals surface area contributed by atoms with E-state index < -0.39 is 15.8 Å². The van der Waals surface area contributed by atoms with E-state index in [2.05, 4.69) is 10.6 Å². The van der Waals surface area contributed by atoms with E-state index >= 15 is 0 Å². The summed E-state index contributed by atoms with van der Waals surface area (Å²) < 4.78 is 5.15. The molecule has 0 aromatic heterocycles. The molecule has 0 aliphatic heterocycles. The predicted octanol–water partition coefficient (Wildman–Crippen LogP) is 4.19. The molecule has 0 radical (unpaired) electrons. The van der Waals surface area contributed by atoms with E-state index in [9.17, 15) is 29.8 Å². The van der Waals surface area contributed by atoms with Crippen LogP contribution in [0.3, 0.4) is 0 Å². The van der Waals surface area contributed by atoms with Crippen molar-refractivity contribution in [3.05, 3.63) is 74.0 Å². The van der Waals surface area contributed by atoms with Gasteiger partial charge in [-0.2, -0.15) is 0 Å². The van der Waals surface area contributed by atoms with Gasteiger partial charge in [-0.05, 0) is 30.5 Å². The SMILES string of the molecule is COc1cc([N+](=O)[O-])ccc1NC(=O)C(=Cc1cccc([N+](=O)[O-])c1)NC(=O)C1CCCCC1. The fourth-order valence-electron chi connectivity index (χ4n) is 3.74. The lowest BCUT2D eigenvalue weighted by Crippen LogP contribution is -2.35. The molecule has 0 bridgehead atoms. The third-order valence-corrected chi connectivity index (χ3v) is 5.51. The van der Waals surface area contributed by atoms with Gasteiger partial charge in [0.15, 0.2) is 0 Å². The standard InChI is InChI=1S/C23H24N4O7/c1-34-21-14-18(27(32)33)10-11-19(21)24-23(29)20(25-22(28)16-7-3-2-4-8-16)13-15-6-5-9-17(12-15)26(30)31/h5-6,9-14,16H,2-4,7-8H2,1H3,(H,24,29)(H,25,28). The van der Waals surface area contributed by atoms with Crippen molar-refractivity contribution in [3.8, 4) is 5.75 Å². The molecule has 2 amide bonds. The number of nitrogens with zero attached hydrogens (tertiary/aromatic N) is 2. The molecule has 1 aliphatic rings. The molecule has 1 saturated carbocycles. The molecule has 0 unspecified atom stereocenters. The molecular weight excluding hydrogens is 444 g/mol. The summed E-state index contributed by atoms with van der Waals surface area (Å²) in [6.45, 7) is 0. The van der Waals surface area contributed by atoms with Crippen LogP contribution in [-0.2, 0) is 9.59 Å². The third-order valence-electron chi connectivity index (χ3n) is 5.51. The molecule has 0 atom stereocenters. The van der Waals surface area contributed by atoms with Gasteiger partial charge in [0.25, 0.3) is 17.3 Å². The quantitative estimate of drug-likeness (QED) is 0.334. The number of ether oxygens (including phenoxy) is 1. The van der Waals surface area contributed by atoms with Crippen LogP contribution in [0.15, 0.2) is 48.2 Å². The maximum Gasteiger partial charge on any atom is 0.273 e. The summed E-state index contributed by atoms with van der Waals surface area (Å²) in [6.07, 6.45) is 5.69. The summed E-state index contributed by atoms with van der Waals surface area (Å²) in [5, 5.41) is 27.4. The second-order valence-corrected chi connectivity index (χ2v) is 7.83. The van der Waals surface area contributed by atoms with E-state index in [0.717, 1.165) is 19.3 Å². The number of amides is 2. The van der Waals surface area contributed by atoms with Crippen molar-refractivity contribution in [3.63, 3.8) is 0 Å². The van der Waals surface area contributed by atoms with Gasteiger partial charge in [0.2, 0.25) is 5.91 Å². The highest BCUT2D eigenvalue weighted by molar-refractivity contribution is 6.09. The number of nitrogens with one attached hydrogen (secondary N) is 2. The second kappa shape index (κ2) is 11.0. The molecule has 0 saturated heterocycles. The Kier molecular flexibility index (Phi) is 7.91. The van der Waals surface area contributed by atoms with E-state index in [1.165, 1.54) is 49.6 Å². The van der Waals surface area contributed by atoms with Gasteiger partial charge >= 0.3 is 0 Å². The highest BCUT2D eigenvalue weighted by Gasteiger charge is 2.24. The molecule has 34 heavy (non-hydrogen) atoms. The van der Waals surface area contributed by atoms with Crippen LogP contribution in [-0.4, -0.2) is 28.8 Å². The summed E-state index contributed by atoms with van der Waals surface area (Å²) in [5.74, 6) is -1.18. The molecule has 0 spiro atoms. The number of non-ortho nitro benzene ring substituents is 2. The molecule has 11 nitrogen and oxygen atoms in total. The number of nitro benzene ring substituents is 2. The topological polar surface area (TPSA) is 154 Å². The fraction of sp³-hybridized carbons (Fsp3) is 0.304. The molecule has 1 aliphatic carbocycles. The minimum Gasteiger partial charge on any atom is -0.494 e. The van der Waals surface area contributed by atoms with Crippen molar-refractivity contribution < 1.29 is 24.2 Å². The first-order chi connectivity index (χ1) is 16.3. The maximum absolute atomic E-state index is 13.1. The smallest absolute Gasteiger partial charge is 0.273 e. The number of hydrogen-bond donors (Lipinski definition) is 2. The van der Waals surface area contributed by atoms with Crippen molar-refractivity contribution in [1.29, 1.82) is 0 Å². The monoisotopic (exact) mass is 468 g/mol. The Morgan fingerprint density at radius 1 is 1.00 bits per heavy atom. The minimum absolute atomic E-state index is 0.0656. The molecule has 1 fully saturated rings. The summed E-state index contributed by atoms with van der Waals surface area (Å²) >= 11 is 0. The molecular formula is C23H24N4O7. The lowest BCUT2D eigenvalue weighted by molar-refractivity contribution is -0.385. The molecule has 11 heteroatoms. The number of methoxy groups -OCH3 is 1. The number of carbonyl (C=O) groups excluding carboxylic acids is 2. The average Bonchev–Trinajstić information content (AvgIpc) is 2.84. The van der Waals surface area contributed by atoms with Crippen molar-refractivity contribution in [1.82, 2.24) is 5.32 Å². The van der Waals surface area contributed by atoms with Crippen LogP contribution in [0, 0.1) is 26.1 Å². The largest absolute Gasteiger partial charge is 0.494 e. The van der Waals surface area contributed by atoms with E-state index in [0.29, 0.717) is 18.4 Å². The summed E-state index contributed by atoms with van der Waals surface area (Å²) in [6, 6.07) is 9.35. The number of nitro groups is 2. The minimum atomic E-state index is -0.706. The van der Waals surface area contributed by atoms with Gasteiger partial charge in [0.05, 0.1) is 28.7 Å². The van der Waals surface area contributed by atoms with Crippen molar-refractivity contribution in [2.45, 2.75) is 32.1 Å². The molecule has 178 valence electrons. The molecule has 2 N–H and O–H groups in total. The van der Waals surface area contributed by atoms with E-state index in [1.807, 2.05) is 0 Å². The third kappa shape index (κ3) is 6.15. The first-order valence-corrected chi connectivity index (χ1v) is 10.7. The van der Waals surface area contributed by atoms with Gasteiger partial charge in [-0.25, -0.2) is 0 Å². The van der Waals surface area contributed by atoms with Gasteiger partial charge in [0.1, 0.15) is 11.4 Å². The van der Waals surface area contributed by atoms with E-state index in [-0.39, 0.29) is 40.3 Å². The van der Waals surface area contributed by atoms with Crippen LogP contribution in [0.5, 0.6) is 5.75 Å². The van der Waals surface area contributed by atoms with Crippen LogP contribution < -0.4 is 15.4 Å². The zero-order chi connectivity index (χ0) is 24.7. The van der Waals surface area contributed by atoms with E-state index in [1.54, 1.807) is 6.07 Å². The summed E-state index contributed by atoms with van der Waals surface area (Å²) in [5.41, 5.74) is 0.0161. The Labute approximate surface area is 195 Å². The molecule has 3 rings (SSSR count). The van der Waals surface area contributed by atoms with Crippen LogP contribution in [0.1, 0.15) is 37.7 Å². The number of carbonyl (C=O) groups is 2. The van der Waals surface area contributed by atoms with E-state index in [4.69, 9.17) is 4.74 Å². The highest BCUT2D eigenvalue weighted by Crippen LogP contribution is 2.30. The number of anilines is 1. The second-order valence-electron chi connectivity index (χ2n) is 7.83. The molecule has 2 aromatic carbocycles. The van der Waals surface area contributed by atoms with Crippen LogP contribution in [0.2, 0.25) is 0 Å². The Morgan fingerprint density at radius 2 is 1.68 bits per heavy atom.